The summed E-state index contributed by atoms with van der Waals surface area (Å²) in [5.74, 6) is -0.289. The lowest BCUT2D eigenvalue weighted by atomic mass is 10.2. The highest BCUT2D eigenvalue weighted by molar-refractivity contribution is 7.90. The number of rotatable bonds is 8. The summed E-state index contributed by atoms with van der Waals surface area (Å²) >= 11 is 7.67. The lowest BCUT2D eigenvalue weighted by Crippen LogP contribution is -2.38. The van der Waals surface area contributed by atoms with Gasteiger partial charge in [-0.05, 0) is 43.4 Å². The van der Waals surface area contributed by atoms with Gasteiger partial charge in [-0.2, -0.15) is 0 Å². The van der Waals surface area contributed by atoms with E-state index in [1.807, 2.05) is 12.1 Å². The Labute approximate surface area is 198 Å². The fourth-order valence-corrected chi connectivity index (χ4v) is 5.06. The Kier molecular flexibility index (Phi) is 8.85. The van der Waals surface area contributed by atoms with Crippen LogP contribution in [0.5, 0.6) is 0 Å². The van der Waals surface area contributed by atoms with Gasteiger partial charge in [0.15, 0.2) is 15.0 Å². The number of anilines is 1. The number of aromatic nitrogens is 1. The van der Waals surface area contributed by atoms with Gasteiger partial charge >= 0.3 is 0 Å². The van der Waals surface area contributed by atoms with Gasteiger partial charge in [-0.3, -0.25) is 9.69 Å². The van der Waals surface area contributed by atoms with E-state index in [2.05, 4.69) is 23.7 Å². The van der Waals surface area contributed by atoms with Crippen molar-refractivity contribution in [2.45, 2.75) is 18.7 Å². The van der Waals surface area contributed by atoms with Crippen LogP contribution in [0.1, 0.15) is 24.2 Å². The molecule has 2 aromatic carbocycles. The van der Waals surface area contributed by atoms with Gasteiger partial charge in [0, 0.05) is 24.9 Å². The minimum Gasteiger partial charge on any atom is -0.302 e. The van der Waals surface area contributed by atoms with Crippen LogP contribution in [0.15, 0.2) is 47.4 Å². The van der Waals surface area contributed by atoms with Crippen LogP contribution in [-0.4, -0.2) is 56.6 Å². The molecule has 0 N–H and O–H groups in total. The lowest BCUT2D eigenvalue weighted by molar-refractivity contribution is 0.0983. The maximum Gasteiger partial charge on any atom is 0.260 e. The molecular weight excluding hydrogens is 477 g/mol. The minimum absolute atomic E-state index is 0. The minimum atomic E-state index is -3.42. The van der Waals surface area contributed by atoms with E-state index >= 15 is 0 Å². The molecule has 0 bridgehead atoms. The van der Waals surface area contributed by atoms with Crippen molar-refractivity contribution in [2.75, 3.05) is 37.3 Å². The molecule has 0 spiro atoms. The summed E-state index contributed by atoms with van der Waals surface area (Å²) in [6.07, 6.45) is 1.13. The summed E-state index contributed by atoms with van der Waals surface area (Å²) in [7, 11) is -3.42. The largest absolute Gasteiger partial charge is 0.302 e. The number of thiazole rings is 1. The number of carbonyl (C=O) groups excluding carboxylic acids is 1. The quantitative estimate of drug-likeness (QED) is 0.444. The van der Waals surface area contributed by atoms with Crippen LogP contribution in [0.4, 0.5) is 5.13 Å². The molecule has 0 fully saturated rings. The van der Waals surface area contributed by atoms with E-state index in [0.717, 1.165) is 24.0 Å². The Morgan fingerprint density at radius 3 is 2.39 bits per heavy atom. The first-order valence-corrected chi connectivity index (χ1v) is 12.7. The van der Waals surface area contributed by atoms with Crippen molar-refractivity contribution < 1.29 is 13.2 Å². The van der Waals surface area contributed by atoms with Gasteiger partial charge < -0.3 is 4.90 Å². The van der Waals surface area contributed by atoms with E-state index in [1.54, 1.807) is 23.1 Å². The van der Waals surface area contributed by atoms with Gasteiger partial charge in [0.05, 0.1) is 14.6 Å². The molecule has 0 radical (unpaired) electrons. The van der Waals surface area contributed by atoms with Crippen molar-refractivity contribution in [3.8, 4) is 0 Å². The molecule has 3 aromatic rings. The Balaban J connectivity index is 0.00000341. The van der Waals surface area contributed by atoms with Crippen molar-refractivity contribution >= 4 is 66.4 Å². The molecule has 1 aromatic heterocycles. The number of amides is 1. The molecule has 0 aliphatic heterocycles. The smallest absolute Gasteiger partial charge is 0.260 e. The standard InChI is InChI=1S/C21H24ClN3O3S2.ClH/c1-4-24(5-2)12-13-25(21-23-19-17(22)10-7-11-18(19)29-21)20(26)15-8-6-9-16(14-15)30(3,27)28;/h6-11,14H,4-5,12-13H2,1-3H3;1H. The second-order valence-corrected chi connectivity index (χ2v) is 10.3. The maximum absolute atomic E-state index is 13.4. The number of para-hydroxylation sites is 1. The summed E-state index contributed by atoms with van der Waals surface area (Å²) in [5, 5.41) is 1.07. The van der Waals surface area contributed by atoms with Crippen LogP contribution >= 0.6 is 35.3 Å². The van der Waals surface area contributed by atoms with Gasteiger partial charge in [-0.1, -0.05) is 48.9 Å². The van der Waals surface area contributed by atoms with Crippen molar-refractivity contribution in [1.82, 2.24) is 9.88 Å². The third-order valence-corrected chi connectivity index (χ3v) is 7.34. The van der Waals surface area contributed by atoms with Crippen molar-refractivity contribution in [3.63, 3.8) is 0 Å². The van der Waals surface area contributed by atoms with Gasteiger partial charge in [0.1, 0.15) is 5.52 Å². The second-order valence-electron chi connectivity index (χ2n) is 6.87. The normalized spacial score (nSPS) is 11.5. The first kappa shape index (κ1) is 25.5. The number of sulfone groups is 1. The molecule has 0 aliphatic rings. The average Bonchev–Trinajstić information content (AvgIpc) is 3.16. The number of likely N-dealkylation sites (N-methyl/N-ethyl adjacent to an activating group) is 1. The summed E-state index contributed by atoms with van der Waals surface area (Å²) in [6, 6.07) is 11.7. The molecule has 168 valence electrons. The van der Waals surface area contributed by atoms with E-state index < -0.39 is 9.84 Å². The van der Waals surface area contributed by atoms with Gasteiger partial charge in [-0.25, -0.2) is 13.4 Å². The number of nitrogens with zero attached hydrogens (tertiary/aromatic N) is 3. The fraction of sp³-hybridized carbons (Fsp3) is 0.333. The SMILES string of the molecule is CCN(CC)CCN(C(=O)c1cccc(S(C)(=O)=O)c1)c1nc2c(Cl)cccc2s1.Cl. The van der Waals surface area contributed by atoms with Gasteiger partial charge in [-0.15, -0.1) is 12.4 Å². The number of benzene rings is 2. The van der Waals surface area contributed by atoms with Crippen molar-refractivity contribution in [1.29, 1.82) is 0 Å². The average molecular weight is 502 g/mol. The summed E-state index contributed by atoms with van der Waals surface area (Å²) < 4.78 is 24.8. The second kappa shape index (κ2) is 10.7. The first-order valence-electron chi connectivity index (χ1n) is 9.64. The summed E-state index contributed by atoms with van der Waals surface area (Å²) in [6.45, 7) is 6.99. The molecule has 0 atom stereocenters. The molecule has 1 amide bonds. The van der Waals surface area contributed by atoms with Crippen molar-refractivity contribution in [3.05, 3.63) is 53.1 Å². The van der Waals surface area contributed by atoms with E-state index in [0.29, 0.717) is 34.3 Å². The van der Waals surface area contributed by atoms with E-state index in [-0.39, 0.29) is 23.2 Å². The molecule has 0 saturated carbocycles. The molecule has 1 heterocycles. The number of halogens is 2. The van der Waals surface area contributed by atoms with Gasteiger partial charge in [0.25, 0.3) is 5.91 Å². The lowest BCUT2D eigenvalue weighted by Gasteiger charge is -2.24. The zero-order valence-corrected chi connectivity index (χ0v) is 20.7. The Morgan fingerprint density at radius 1 is 1.10 bits per heavy atom. The summed E-state index contributed by atoms with van der Waals surface area (Å²) in [5.41, 5.74) is 0.965. The molecule has 31 heavy (non-hydrogen) atoms. The summed E-state index contributed by atoms with van der Waals surface area (Å²) in [4.78, 5) is 22.0. The Morgan fingerprint density at radius 2 is 1.77 bits per heavy atom. The zero-order valence-electron chi connectivity index (χ0n) is 17.5. The first-order chi connectivity index (χ1) is 14.2. The Hall–Kier alpha value is -1.71. The highest BCUT2D eigenvalue weighted by Crippen LogP contribution is 2.33. The highest BCUT2D eigenvalue weighted by Gasteiger charge is 2.23. The van der Waals surface area contributed by atoms with Crippen LogP contribution in [0.2, 0.25) is 5.02 Å². The number of hydrogen-bond donors (Lipinski definition) is 0. The zero-order chi connectivity index (χ0) is 21.9. The van der Waals surface area contributed by atoms with Crippen LogP contribution in [0, 0.1) is 0 Å². The molecule has 0 aliphatic carbocycles. The van der Waals surface area contributed by atoms with Crippen molar-refractivity contribution in [2.24, 2.45) is 0 Å². The molecular formula is C21H25Cl2N3O3S2. The predicted molar refractivity (Wildman–Crippen MR) is 131 cm³/mol. The van der Waals surface area contributed by atoms with Gasteiger partial charge in [0.2, 0.25) is 0 Å². The molecule has 0 unspecified atom stereocenters. The molecule has 0 saturated heterocycles. The van der Waals surface area contributed by atoms with E-state index in [4.69, 9.17) is 11.6 Å². The maximum atomic E-state index is 13.4. The highest BCUT2D eigenvalue weighted by atomic mass is 35.5. The third kappa shape index (κ3) is 5.96. The number of hydrogen-bond acceptors (Lipinski definition) is 6. The predicted octanol–water partition coefficient (Wildman–Crippen LogP) is 4.76. The van der Waals surface area contributed by atoms with E-state index in [1.165, 1.54) is 23.5 Å². The van der Waals surface area contributed by atoms with Crippen LogP contribution in [-0.2, 0) is 9.84 Å². The topological polar surface area (TPSA) is 70.6 Å². The van der Waals surface area contributed by atoms with E-state index in [9.17, 15) is 13.2 Å². The third-order valence-electron chi connectivity index (χ3n) is 4.88. The monoisotopic (exact) mass is 501 g/mol. The van der Waals surface area contributed by atoms with Crippen LogP contribution < -0.4 is 4.90 Å². The molecule has 10 heteroatoms. The van der Waals surface area contributed by atoms with Crippen LogP contribution in [0.3, 0.4) is 0 Å². The molecule has 6 nitrogen and oxygen atoms in total. The Bertz CT molecular complexity index is 1160. The van der Waals surface area contributed by atoms with Crippen LogP contribution in [0.25, 0.3) is 10.2 Å². The fourth-order valence-electron chi connectivity index (χ4n) is 3.10. The molecule has 3 rings (SSSR count). The number of carbonyl (C=O) groups is 1. The number of fused-ring (bicyclic) bond motifs is 1.